The molecule has 0 spiro atoms. The molecule has 1 aliphatic heterocycles. The summed E-state index contributed by atoms with van der Waals surface area (Å²) in [6.07, 6.45) is 11.8. The topological polar surface area (TPSA) is 87.8 Å². The van der Waals surface area contributed by atoms with Gasteiger partial charge in [0.15, 0.2) is 0 Å². The first kappa shape index (κ1) is 22.6. The van der Waals surface area contributed by atoms with Crippen molar-refractivity contribution in [2.24, 2.45) is 5.92 Å². The Hall–Kier alpha value is -3.81. The van der Waals surface area contributed by atoms with Gasteiger partial charge in [0.1, 0.15) is 5.65 Å². The van der Waals surface area contributed by atoms with Crippen LogP contribution in [-0.4, -0.2) is 39.7 Å². The summed E-state index contributed by atoms with van der Waals surface area (Å²) in [5.74, 6) is 0.660. The predicted octanol–water partition coefficient (Wildman–Crippen LogP) is 5.30. The standard InChI is InChI=1S/C29H30N6O/c1-2-21(13-30-7-1)14-31-15-22-10-26-27(19-35-29(26)34-17-22)23-3-4-28-24(11-23)12-25(18-33-28)32-16-20-5-8-36-9-6-20/h1-4,7,10-13,17-20,31-32H,5-6,8-9,14-16H2,(H,34,35). The number of rotatable bonds is 8. The van der Waals surface area contributed by atoms with Crippen LogP contribution < -0.4 is 10.6 Å². The molecule has 4 aromatic heterocycles. The molecule has 1 fully saturated rings. The molecule has 182 valence electrons. The van der Waals surface area contributed by atoms with Gasteiger partial charge < -0.3 is 20.4 Å². The van der Waals surface area contributed by atoms with Crippen molar-refractivity contribution in [1.29, 1.82) is 0 Å². The number of nitrogens with zero attached hydrogens (tertiary/aromatic N) is 3. The lowest BCUT2D eigenvalue weighted by atomic mass is 10.0. The van der Waals surface area contributed by atoms with Crippen molar-refractivity contribution in [2.45, 2.75) is 25.9 Å². The molecule has 0 amide bonds. The van der Waals surface area contributed by atoms with Crippen molar-refractivity contribution < 1.29 is 4.74 Å². The van der Waals surface area contributed by atoms with E-state index in [0.717, 1.165) is 90.0 Å². The lowest BCUT2D eigenvalue weighted by molar-refractivity contribution is 0.0699. The van der Waals surface area contributed by atoms with Gasteiger partial charge in [-0.25, -0.2) is 4.98 Å². The van der Waals surface area contributed by atoms with Crippen molar-refractivity contribution in [3.8, 4) is 11.1 Å². The minimum absolute atomic E-state index is 0.660. The second-order valence-corrected chi connectivity index (χ2v) is 9.48. The Labute approximate surface area is 210 Å². The van der Waals surface area contributed by atoms with E-state index in [4.69, 9.17) is 4.74 Å². The van der Waals surface area contributed by atoms with E-state index >= 15 is 0 Å². The van der Waals surface area contributed by atoms with E-state index in [-0.39, 0.29) is 0 Å². The smallest absolute Gasteiger partial charge is 0.137 e. The molecule has 0 radical (unpaired) electrons. The third-order valence-electron chi connectivity index (χ3n) is 6.90. The number of ether oxygens (including phenoxy) is 1. The fourth-order valence-corrected chi connectivity index (χ4v) is 4.84. The summed E-state index contributed by atoms with van der Waals surface area (Å²) in [5.41, 5.74) is 7.57. The minimum atomic E-state index is 0.660. The van der Waals surface area contributed by atoms with Crippen molar-refractivity contribution in [3.63, 3.8) is 0 Å². The number of aromatic nitrogens is 4. The zero-order valence-corrected chi connectivity index (χ0v) is 20.2. The molecule has 0 aliphatic carbocycles. The van der Waals surface area contributed by atoms with E-state index in [0.29, 0.717) is 5.92 Å². The number of hydrogen-bond donors (Lipinski definition) is 3. The van der Waals surface area contributed by atoms with Crippen LogP contribution in [0.25, 0.3) is 33.1 Å². The van der Waals surface area contributed by atoms with Crippen LogP contribution in [0, 0.1) is 5.92 Å². The number of aromatic amines is 1. The van der Waals surface area contributed by atoms with Gasteiger partial charge in [-0.3, -0.25) is 9.97 Å². The van der Waals surface area contributed by atoms with Gasteiger partial charge in [0.25, 0.3) is 0 Å². The molecule has 0 saturated carbocycles. The number of anilines is 1. The summed E-state index contributed by atoms with van der Waals surface area (Å²) in [6.45, 7) is 4.21. The first-order valence-corrected chi connectivity index (χ1v) is 12.6. The van der Waals surface area contributed by atoms with Gasteiger partial charge in [-0.2, -0.15) is 0 Å². The lowest BCUT2D eigenvalue weighted by Crippen LogP contribution is -2.22. The first-order chi connectivity index (χ1) is 17.8. The number of fused-ring (bicyclic) bond motifs is 2. The van der Waals surface area contributed by atoms with Crippen LogP contribution in [0.2, 0.25) is 0 Å². The molecule has 7 nitrogen and oxygen atoms in total. The van der Waals surface area contributed by atoms with E-state index in [1.165, 1.54) is 5.56 Å². The Balaban J connectivity index is 1.20. The summed E-state index contributed by atoms with van der Waals surface area (Å²) in [4.78, 5) is 16.9. The molecule has 0 atom stereocenters. The number of benzene rings is 1. The molecule has 5 aromatic rings. The maximum atomic E-state index is 5.48. The van der Waals surface area contributed by atoms with Crippen LogP contribution in [-0.2, 0) is 17.8 Å². The molecule has 0 unspecified atom stereocenters. The van der Waals surface area contributed by atoms with Crippen molar-refractivity contribution >= 4 is 27.6 Å². The van der Waals surface area contributed by atoms with E-state index in [1.54, 1.807) is 6.20 Å². The normalized spacial score (nSPS) is 14.4. The summed E-state index contributed by atoms with van der Waals surface area (Å²) in [5, 5.41) is 9.32. The third kappa shape index (κ3) is 5.08. The van der Waals surface area contributed by atoms with Crippen molar-refractivity contribution in [1.82, 2.24) is 25.3 Å². The Bertz CT molecular complexity index is 1460. The zero-order valence-electron chi connectivity index (χ0n) is 20.2. The molecule has 5 heterocycles. The predicted molar refractivity (Wildman–Crippen MR) is 144 cm³/mol. The average Bonchev–Trinajstić information content (AvgIpc) is 3.36. The molecular weight excluding hydrogens is 448 g/mol. The SMILES string of the molecule is c1cncc(CNCc2cnc3[nH]cc(-c4ccc5ncc(NCC6CCOCC6)cc5c4)c3c2)c1. The van der Waals surface area contributed by atoms with E-state index in [1.807, 2.05) is 30.9 Å². The van der Waals surface area contributed by atoms with E-state index in [2.05, 4.69) is 67.0 Å². The Morgan fingerprint density at radius 3 is 2.75 bits per heavy atom. The molecule has 7 heteroatoms. The van der Waals surface area contributed by atoms with Gasteiger partial charge in [-0.05, 0) is 65.8 Å². The van der Waals surface area contributed by atoms with Crippen molar-refractivity contribution in [2.75, 3.05) is 25.1 Å². The van der Waals surface area contributed by atoms with Gasteiger partial charge in [0.05, 0.1) is 17.4 Å². The fourth-order valence-electron chi connectivity index (χ4n) is 4.84. The zero-order chi connectivity index (χ0) is 24.2. The molecule has 3 N–H and O–H groups in total. The van der Waals surface area contributed by atoms with Crippen LogP contribution in [0.3, 0.4) is 0 Å². The van der Waals surface area contributed by atoms with Crippen LogP contribution in [0.1, 0.15) is 24.0 Å². The molecule has 1 aliphatic rings. The number of pyridine rings is 3. The second-order valence-electron chi connectivity index (χ2n) is 9.48. The summed E-state index contributed by atoms with van der Waals surface area (Å²) in [6, 6.07) is 14.9. The summed E-state index contributed by atoms with van der Waals surface area (Å²) < 4.78 is 5.48. The lowest BCUT2D eigenvalue weighted by Gasteiger charge is -2.22. The molecule has 36 heavy (non-hydrogen) atoms. The molecule has 0 bridgehead atoms. The highest BCUT2D eigenvalue weighted by atomic mass is 16.5. The maximum absolute atomic E-state index is 5.48. The molecule has 1 aromatic carbocycles. The summed E-state index contributed by atoms with van der Waals surface area (Å²) >= 11 is 0. The van der Waals surface area contributed by atoms with Gasteiger partial charge in [-0.1, -0.05) is 12.1 Å². The molecule has 6 rings (SSSR count). The average molecular weight is 479 g/mol. The number of H-pyrrole nitrogens is 1. The van der Waals surface area contributed by atoms with Crippen LogP contribution >= 0.6 is 0 Å². The van der Waals surface area contributed by atoms with E-state index < -0.39 is 0 Å². The Morgan fingerprint density at radius 2 is 1.86 bits per heavy atom. The van der Waals surface area contributed by atoms with Crippen LogP contribution in [0.5, 0.6) is 0 Å². The molecule has 1 saturated heterocycles. The number of hydrogen-bond acceptors (Lipinski definition) is 6. The maximum Gasteiger partial charge on any atom is 0.137 e. The fraction of sp³-hybridized carbons (Fsp3) is 0.276. The third-order valence-corrected chi connectivity index (χ3v) is 6.90. The Morgan fingerprint density at radius 1 is 0.944 bits per heavy atom. The van der Waals surface area contributed by atoms with Crippen molar-refractivity contribution in [3.05, 3.63) is 84.6 Å². The molecular formula is C29H30N6O. The highest BCUT2D eigenvalue weighted by Crippen LogP contribution is 2.31. The first-order valence-electron chi connectivity index (χ1n) is 12.6. The van der Waals surface area contributed by atoms with Crippen LogP contribution in [0.4, 0.5) is 5.69 Å². The highest BCUT2D eigenvalue weighted by Gasteiger charge is 2.14. The monoisotopic (exact) mass is 478 g/mol. The largest absolute Gasteiger partial charge is 0.384 e. The summed E-state index contributed by atoms with van der Waals surface area (Å²) in [7, 11) is 0. The van der Waals surface area contributed by atoms with Gasteiger partial charge in [0, 0.05) is 74.0 Å². The quantitative estimate of drug-likeness (QED) is 0.280. The minimum Gasteiger partial charge on any atom is -0.384 e. The van der Waals surface area contributed by atoms with Gasteiger partial charge in [-0.15, -0.1) is 0 Å². The van der Waals surface area contributed by atoms with E-state index in [9.17, 15) is 0 Å². The second kappa shape index (κ2) is 10.4. The Kier molecular flexibility index (Phi) is 6.56. The van der Waals surface area contributed by atoms with Crippen LogP contribution in [0.15, 0.2) is 73.4 Å². The van der Waals surface area contributed by atoms with Gasteiger partial charge in [0.2, 0.25) is 0 Å². The number of nitrogens with one attached hydrogen (secondary N) is 3. The highest BCUT2D eigenvalue weighted by molar-refractivity contribution is 5.96. The van der Waals surface area contributed by atoms with Gasteiger partial charge >= 0.3 is 0 Å².